The van der Waals surface area contributed by atoms with Crippen LogP contribution in [0.2, 0.25) is 0 Å². The molecule has 1 unspecified atom stereocenters. The van der Waals surface area contributed by atoms with Crippen molar-refractivity contribution < 1.29 is 19.1 Å². The number of hydrogen-bond acceptors (Lipinski definition) is 4. The Kier molecular flexibility index (Phi) is 4.67. The van der Waals surface area contributed by atoms with Gasteiger partial charge >= 0.3 is 0 Å². The zero-order chi connectivity index (χ0) is 15.4. The van der Waals surface area contributed by atoms with E-state index in [1.165, 1.54) is 0 Å². The number of amides is 2. The molecule has 1 N–H and O–H groups in total. The number of nitrogens with one attached hydrogen (secondary N) is 1. The molecule has 1 aromatic carbocycles. The zero-order valence-electron chi connectivity index (χ0n) is 12.5. The molecule has 6 heteroatoms. The molecule has 114 valence electrons. The van der Waals surface area contributed by atoms with Gasteiger partial charge in [-0.3, -0.25) is 9.59 Å². The number of carbonyl (C=O) groups is 2. The van der Waals surface area contributed by atoms with E-state index >= 15 is 0 Å². The Morgan fingerprint density at radius 3 is 2.86 bits per heavy atom. The largest absolute Gasteiger partial charge is 0.493 e. The topological polar surface area (TPSA) is 67.9 Å². The first-order valence-corrected chi connectivity index (χ1v) is 6.98. The van der Waals surface area contributed by atoms with Gasteiger partial charge in [-0.25, -0.2) is 0 Å². The van der Waals surface area contributed by atoms with Crippen molar-refractivity contribution in [1.82, 2.24) is 10.2 Å². The molecule has 6 nitrogen and oxygen atoms in total. The molecule has 2 rings (SSSR count). The number of rotatable bonds is 4. The second-order valence-electron chi connectivity index (χ2n) is 4.76. The predicted octanol–water partition coefficient (Wildman–Crippen LogP) is 1.05. The maximum atomic E-state index is 12.6. The van der Waals surface area contributed by atoms with Crippen molar-refractivity contribution in [3.05, 3.63) is 23.8 Å². The summed E-state index contributed by atoms with van der Waals surface area (Å²) in [7, 11) is 1.55. The molecule has 0 aliphatic carbocycles. The molecule has 1 fully saturated rings. The van der Waals surface area contributed by atoms with E-state index in [4.69, 9.17) is 9.47 Å². The van der Waals surface area contributed by atoms with E-state index in [2.05, 4.69) is 5.32 Å². The fraction of sp³-hybridized carbons (Fsp3) is 0.467. The quantitative estimate of drug-likeness (QED) is 0.901. The number of ether oxygens (including phenoxy) is 2. The molecule has 1 aliphatic rings. The van der Waals surface area contributed by atoms with E-state index in [0.29, 0.717) is 36.8 Å². The van der Waals surface area contributed by atoms with Gasteiger partial charge in [-0.15, -0.1) is 0 Å². The van der Waals surface area contributed by atoms with Crippen LogP contribution in [-0.2, 0) is 4.79 Å². The average Bonchev–Trinajstić information content (AvgIpc) is 2.49. The highest BCUT2D eigenvalue weighted by Crippen LogP contribution is 2.28. The molecule has 0 aromatic heterocycles. The van der Waals surface area contributed by atoms with Crippen LogP contribution < -0.4 is 14.8 Å². The third-order valence-electron chi connectivity index (χ3n) is 3.47. The molecule has 1 saturated heterocycles. The minimum Gasteiger partial charge on any atom is -0.493 e. The summed E-state index contributed by atoms with van der Waals surface area (Å²) >= 11 is 0. The van der Waals surface area contributed by atoms with E-state index in [1.54, 1.807) is 37.1 Å². The summed E-state index contributed by atoms with van der Waals surface area (Å²) in [6.07, 6.45) is 0. The maximum Gasteiger partial charge on any atom is 0.254 e. The maximum absolute atomic E-state index is 12.6. The Morgan fingerprint density at radius 1 is 1.43 bits per heavy atom. The fourth-order valence-electron chi connectivity index (χ4n) is 2.30. The van der Waals surface area contributed by atoms with Gasteiger partial charge in [0.1, 0.15) is 6.04 Å². The first-order valence-electron chi connectivity index (χ1n) is 6.98. The third kappa shape index (κ3) is 3.09. The minimum atomic E-state index is -0.469. The fourth-order valence-corrected chi connectivity index (χ4v) is 2.30. The van der Waals surface area contributed by atoms with E-state index in [1.807, 2.05) is 6.92 Å². The summed E-state index contributed by atoms with van der Waals surface area (Å²) in [6, 6.07) is 4.57. The smallest absolute Gasteiger partial charge is 0.254 e. The Balaban J connectivity index is 2.26. The van der Waals surface area contributed by atoms with Crippen LogP contribution in [0.25, 0.3) is 0 Å². The number of methoxy groups -OCH3 is 1. The van der Waals surface area contributed by atoms with Gasteiger partial charge in [0.2, 0.25) is 5.91 Å². The SMILES string of the molecule is CCOc1cc(C(=O)N2CCNC(=O)C2C)ccc1OC. The minimum absolute atomic E-state index is 0.131. The van der Waals surface area contributed by atoms with Gasteiger partial charge in [0.15, 0.2) is 11.5 Å². The molecule has 0 bridgehead atoms. The highest BCUT2D eigenvalue weighted by Gasteiger charge is 2.30. The molecule has 0 radical (unpaired) electrons. The predicted molar refractivity (Wildman–Crippen MR) is 77.7 cm³/mol. The number of hydrogen-bond donors (Lipinski definition) is 1. The van der Waals surface area contributed by atoms with Crippen molar-refractivity contribution in [3.8, 4) is 11.5 Å². The van der Waals surface area contributed by atoms with E-state index < -0.39 is 6.04 Å². The van der Waals surface area contributed by atoms with Gasteiger partial charge in [-0.1, -0.05) is 0 Å². The van der Waals surface area contributed by atoms with Gasteiger partial charge in [-0.05, 0) is 32.0 Å². The zero-order valence-corrected chi connectivity index (χ0v) is 12.5. The van der Waals surface area contributed by atoms with Crippen LogP contribution in [0.15, 0.2) is 18.2 Å². The van der Waals surface area contributed by atoms with Gasteiger partial charge in [0.25, 0.3) is 5.91 Å². The van der Waals surface area contributed by atoms with Gasteiger partial charge in [0, 0.05) is 18.7 Å². The van der Waals surface area contributed by atoms with Crippen molar-refractivity contribution >= 4 is 11.8 Å². The van der Waals surface area contributed by atoms with Crippen LogP contribution >= 0.6 is 0 Å². The monoisotopic (exact) mass is 292 g/mol. The first-order chi connectivity index (χ1) is 10.1. The molecule has 0 saturated carbocycles. The lowest BCUT2D eigenvalue weighted by molar-refractivity contribution is -0.127. The number of benzene rings is 1. The normalized spacial score (nSPS) is 18.1. The molecule has 1 aromatic rings. The summed E-state index contributed by atoms with van der Waals surface area (Å²) in [5, 5.41) is 2.74. The molecule has 21 heavy (non-hydrogen) atoms. The summed E-state index contributed by atoms with van der Waals surface area (Å²) in [5.41, 5.74) is 0.487. The summed E-state index contributed by atoms with van der Waals surface area (Å²) in [5.74, 6) is 0.798. The second kappa shape index (κ2) is 6.47. The third-order valence-corrected chi connectivity index (χ3v) is 3.47. The van der Waals surface area contributed by atoms with Crippen LogP contribution in [-0.4, -0.2) is 49.6 Å². The van der Waals surface area contributed by atoms with Crippen LogP contribution in [0.5, 0.6) is 11.5 Å². The van der Waals surface area contributed by atoms with E-state index in [0.717, 1.165) is 0 Å². The van der Waals surface area contributed by atoms with Crippen LogP contribution in [0.1, 0.15) is 24.2 Å². The van der Waals surface area contributed by atoms with Crippen LogP contribution in [0.3, 0.4) is 0 Å². The molecule has 1 atom stereocenters. The summed E-state index contributed by atoms with van der Waals surface area (Å²) in [6.45, 7) is 5.05. The molecular weight excluding hydrogens is 272 g/mol. The average molecular weight is 292 g/mol. The van der Waals surface area contributed by atoms with E-state index in [-0.39, 0.29) is 11.8 Å². The molecular formula is C15H20N2O4. The van der Waals surface area contributed by atoms with Crippen molar-refractivity contribution in [3.63, 3.8) is 0 Å². The summed E-state index contributed by atoms with van der Waals surface area (Å²) in [4.78, 5) is 25.8. The van der Waals surface area contributed by atoms with Crippen molar-refractivity contribution in [2.45, 2.75) is 19.9 Å². The Bertz CT molecular complexity index is 544. The van der Waals surface area contributed by atoms with Crippen LogP contribution in [0, 0.1) is 0 Å². The first kappa shape index (κ1) is 15.2. The number of carbonyl (C=O) groups excluding carboxylic acids is 2. The second-order valence-corrected chi connectivity index (χ2v) is 4.76. The van der Waals surface area contributed by atoms with Gasteiger partial charge in [-0.2, -0.15) is 0 Å². The van der Waals surface area contributed by atoms with Gasteiger partial charge < -0.3 is 19.7 Å². The molecule has 2 amide bonds. The molecule has 1 aliphatic heterocycles. The lowest BCUT2D eigenvalue weighted by Crippen LogP contribution is -2.55. The lowest BCUT2D eigenvalue weighted by Gasteiger charge is -2.33. The highest BCUT2D eigenvalue weighted by molar-refractivity contribution is 5.98. The van der Waals surface area contributed by atoms with Crippen LogP contribution in [0.4, 0.5) is 0 Å². The number of piperazine rings is 1. The Labute approximate surface area is 124 Å². The number of nitrogens with zero attached hydrogens (tertiary/aromatic N) is 1. The summed E-state index contributed by atoms with van der Waals surface area (Å²) < 4.78 is 10.7. The molecule has 0 spiro atoms. The highest BCUT2D eigenvalue weighted by atomic mass is 16.5. The van der Waals surface area contributed by atoms with Gasteiger partial charge in [0.05, 0.1) is 13.7 Å². The van der Waals surface area contributed by atoms with E-state index in [9.17, 15) is 9.59 Å². The van der Waals surface area contributed by atoms with Crippen molar-refractivity contribution in [2.75, 3.05) is 26.8 Å². The standard InChI is InChI=1S/C15H20N2O4/c1-4-21-13-9-11(5-6-12(13)20-3)15(19)17-8-7-16-14(18)10(17)2/h5-6,9-10H,4,7-8H2,1-3H3,(H,16,18). The van der Waals surface area contributed by atoms with Crippen molar-refractivity contribution in [1.29, 1.82) is 0 Å². The Morgan fingerprint density at radius 2 is 2.19 bits per heavy atom. The lowest BCUT2D eigenvalue weighted by atomic mass is 10.1. The van der Waals surface area contributed by atoms with Crippen molar-refractivity contribution in [2.24, 2.45) is 0 Å². The Hall–Kier alpha value is -2.24. The molecule has 1 heterocycles.